The molecule has 7 heteroatoms. The van der Waals surface area contributed by atoms with Crippen LogP contribution in [0.4, 0.5) is 11.8 Å². The number of carbonyl (C=O) groups excluding carboxylic acids is 1. The minimum Gasteiger partial charge on any atom is -0.353 e. The molecule has 0 atom stereocenters. The Balaban J connectivity index is 1.51. The van der Waals surface area contributed by atoms with Crippen LogP contribution in [0.2, 0.25) is 0 Å². The molecular formula is C19H26N6O. The second-order valence-electron chi connectivity index (χ2n) is 6.40. The maximum Gasteiger partial charge on any atom is 0.254 e. The van der Waals surface area contributed by atoms with Gasteiger partial charge in [-0.1, -0.05) is 25.8 Å². The summed E-state index contributed by atoms with van der Waals surface area (Å²) in [6, 6.07) is 5.96. The Labute approximate surface area is 154 Å². The van der Waals surface area contributed by atoms with Crippen LogP contribution in [-0.2, 0) is 0 Å². The van der Waals surface area contributed by atoms with Crippen LogP contribution in [0.15, 0.2) is 36.8 Å². The summed E-state index contributed by atoms with van der Waals surface area (Å²) >= 11 is 0. The molecule has 0 saturated carbocycles. The molecule has 2 aromatic rings. The number of hydrogen-bond acceptors (Lipinski definition) is 6. The van der Waals surface area contributed by atoms with Crippen molar-refractivity contribution in [3.63, 3.8) is 0 Å². The van der Waals surface area contributed by atoms with Gasteiger partial charge in [0.1, 0.15) is 5.82 Å². The van der Waals surface area contributed by atoms with Crippen molar-refractivity contribution in [1.82, 2.24) is 20.3 Å². The van der Waals surface area contributed by atoms with E-state index in [2.05, 4.69) is 37.0 Å². The molecule has 3 heterocycles. The van der Waals surface area contributed by atoms with Crippen LogP contribution in [-0.4, -0.2) is 53.6 Å². The van der Waals surface area contributed by atoms with Crippen molar-refractivity contribution < 1.29 is 4.79 Å². The molecule has 3 rings (SSSR count). The minimum atomic E-state index is -0.104. The van der Waals surface area contributed by atoms with E-state index in [1.165, 1.54) is 0 Å². The fraction of sp³-hybridized carbons (Fsp3) is 0.474. The van der Waals surface area contributed by atoms with Crippen molar-refractivity contribution >= 4 is 17.7 Å². The number of anilines is 2. The number of pyridine rings is 1. The van der Waals surface area contributed by atoms with Crippen LogP contribution in [0, 0.1) is 0 Å². The lowest BCUT2D eigenvalue weighted by atomic mass is 10.2. The first-order valence-electron chi connectivity index (χ1n) is 9.29. The molecule has 0 radical (unpaired) electrons. The number of aromatic nitrogens is 3. The first kappa shape index (κ1) is 18.1. The van der Waals surface area contributed by atoms with Gasteiger partial charge in [0.15, 0.2) is 0 Å². The van der Waals surface area contributed by atoms with E-state index in [0.29, 0.717) is 18.1 Å². The molecule has 0 aliphatic carbocycles. The topological polar surface area (TPSA) is 74.2 Å². The van der Waals surface area contributed by atoms with Crippen molar-refractivity contribution in [3.05, 3.63) is 42.4 Å². The van der Waals surface area contributed by atoms with Gasteiger partial charge in [-0.25, -0.2) is 15.0 Å². The maximum atomic E-state index is 12.1. The van der Waals surface area contributed by atoms with E-state index in [-0.39, 0.29) is 5.91 Å². The predicted molar refractivity (Wildman–Crippen MR) is 103 cm³/mol. The Kier molecular flexibility index (Phi) is 6.35. The quantitative estimate of drug-likeness (QED) is 0.768. The molecule has 1 N–H and O–H groups in total. The fourth-order valence-corrected chi connectivity index (χ4v) is 2.96. The molecule has 1 aliphatic rings. The lowest BCUT2D eigenvalue weighted by molar-refractivity contribution is 0.0952. The molecule has 7 nitrogen and oxygen atoms in total. The fourth-order valence-electron chi connectivity index (χ4n) is 2.96. The molecule has 0 spiro atoms. The molecule has 26 heavy (non-hydrogen) atoms. The standard InChI is InChI=1S/C19H26N6O/c1-2-3-5-9-21-18(26)16-14-22-19(23-15-16)25-12-10-24(11-13-25)17-7-4-6-8-20-17/h4,6-8,14-15H,2-3,5,9-13H2,1H3,(H,21,26). The molecule has 1 saturated heterocycles. The molecular weight excluding hydrogens is 328 g/mol. The number of hydrogen-bond donors (Lipinski definition) is 1. The van der Waals surface area contributed by atoms with Crippen molar-refractivity contribution in [2.75, 3.05) is 42.5 Å². The van der Waals surface area contributed by atoms with Gasteiger partial charge in [0.2, 0.25) is 5.95 Å². The third kappa shape index (κ3) is 4.68. The van der Waals surface area contributed by atoms with Gasteiger partial charge in [0.05, 0.1) is 5.56 Å². The average molecular weight is 354 g/mol. The van der Waals surface area contributed by atoms with E-state index >= 15 is 0 Å². The van der Waals surface area contributed by atoms with Gasteiger partial charge in [0.25, 0.3) is 5.91 Å². The number of piperazine rings is 1. The van der Waals surface area contributed by atoms with Gasteiger partial charge < -0.3 is 15.1 Å². The van der Waals surface area contributed by atoms with E-state index < -0.39 is 0 Å². The summed E-state index contributed by atoms with van der Waals surface area (Å²) in [6.07, 6.45) is 8.31. The summed E-state index contributed by atoms with van der Waals surface area (Å²) in [4.78, 5) is 29.6. The molecule has 2 aromatic heterocycles. The third-order valence-corrected chi connectivity index (χ3v) is 4.50. The predicted octanol–water partition coefficient (Wildman–Crippen LogP) is 2.12. The second-order valence-corrected chi connectivity index (χ2v) is 6.40. The van der Waals surface area contributed by atoms with Crippen molar-refractivity contribution in [2.24, 2.45) is 0 Å². The number of unbranched alkanes of at least 4 members (excludes halogenated alkanes) is 2. The molecule has 0 unspecified atom stereocenters. The van der Waals surface area contributed by atoms with Gasteiger partial charge in [-0.2, -0.15) is 0 Å². The number of amides is 1. The Hall–Kier alpha value is -2.70. The van der Waals surface area contributed by atoms with E-state index in [0.717, 1.165) is 51.3 Å². The molecule has 1 fully saturated rings. The second kappa shape index (κ2) is 9.12. The van der Waals surface area contributed by atoms with Crippen molar-refractivity contribution in [2.45, 2.75) is 26.2 Å². The summed E-state index contributed by atoms with van der Waals surface area (Å²) < 4.78 is 0. The minimum absolute atomic E-state index is 0.104. The summed E-state index contributed by atoms with van der Waals surface area (Å²) in [5, 5.41) is 2.91. The number of rotatable bonds is 7. The van der Waals surface area contributed by atoms with Crippen molar-refractivity contribution in [1.29, 1.82) is 0 Å². The highest BCUT2D eigenvalue weighted by molar-refractivity contribution is 5.93. The van der Waals surface area contributed by atoms with Gasteiger partial charge in [-0.15, -0.1) is 0 Å². The van der Waals surface area contributed by atoms with Gasteiger partial charge in [-0.05, 0) is 18.6 Å². The SMILES string of the molecule is CCCCCNC(=O)c1cnc(N2CCN(c3ccccn3)CC2)nc1. The summed E-state index contributed by atoms with van der Waals surface area (Å²) in [5.74, 6) is 1.57. The van der Waals surface area contributed by atoms with E-state index in [1.807, 2.05) is 24.4 Å². The highest BCUT2D eigenvalue weighted by Crippen LogP contribution is 2.15. The zero-order valence-corrected chi connectivity index (χ0v) is 15.3. The van der Waals surface area contributed by atoms with E-state index in [4.69, 9.17) is 0 Å². The lowest BCUT2D eigenvalue weighted by Gasteiger charge is -2.35. The average Bonchev–Trinajstić information content (AvgIpc) is 2.72. The molecule has 138 valence electrons. The first-order valence-corrected chi connectivity index (χ1v) is 9.29. The van der Waals surface area contributed by atoms with Crippen LogP contribution >= 0.6 is 0 Å². The largest absolute Gasteiger partial charge is 0.353 e. The number of nitrogens with one attached hydrogen (secondary N) is 1. The summed E-state index contributed by atoms with van der Waals surface area (Å²) in [5.41, 5.74) is 0.511. The zero-order chi connectivity index (χ0) is 18.2. The third-order valence-electron chi connectivity index (χ3n) is 4.50. The van der Waals surface area contributed by atoms with Gasteiger partial charge in [-0.3, -0.25) is 4.79 Å². The van der Waals surface area contributed by atoms with Crippen LogP contribution < -0.4 is 15.1 Å². The Bertz CT molecular complexity index is 683. The summed E-state index contributed by atoms with van der Waals surface area (Å²) in [7, 11) is 0. The van der Waals surface area contributed by atoms with Crippen LogP contribution in [0.25, 0.3) is 0 Å². The highest BCUT2D eigenvalue weighted by atomic mass is 16.1. The molecule has 0 bridgehead atoms. The molecule has 1 amide bonds. The zero-order valence-electron chi connectivity index (χ0n) is 15.3. The van der Waals surface area contributed by atoms with Gasteiger partial charge >= 0.3 is 0 Å². The number of nitrogens with zero attached hydrogens (tertiary/aromatic N) is 5. The van der Waals surface area contributed by atoms with Crippen LogP contribution in [0.5, 0.6) is 0 Å². The highest BCUT2D eigenvalue weighted by Gasteiger charge is 2.20. The Morgan fingerprint density at radius 2 is 1.77 bits per heavy atom. The molecule has 1 aliphatic heterocycles. The molecule has 0 aromatic carbocycles. The van der Waals surface area contributed by atoms with Crippen LogP contribution in [0.3, 0.4) is 0 Å². The maximum absolute atomic E-state index is 12.1. The Morgan fingerprint density at radius 3 is 2.42 bits per heavy atom. The van der Waals surface area contributed by atoms with Gasteiger partial charge in [0, 0.05) is 51.3 Å². The monoisotopic (exact) mass is 354 g/mol. The van der Waals surface area contributed by atoms with E-state index in [1.54, 1.807) is 12.4 Å². The normalized spacial score (nSPS) is 14.3. The smallest absolute Gasteiger partial charge is 0.254 e. The van der Waals surface area contributed by atoms with E-state index in [9.17, 15) is 4.79 Å². The van der Waals surface area contributed by atoms with Crippen molar-refractivity contribution in [3.8, 4) is 0 Å². The summed E-state index contributed by atoms with van der Waals surface area (Å²) in [6.45, 7) is 6.26. The lowest BCUT2D eigenvalue weighted by Crippen LogP contribution is -2.47. The first-order chi connectivity index (χ1) is 12.8. The van der Waals surface area contributed by atoms with Crippen LogP contribution in [0.1, 0.15) is 36.5 Å². The Morgan fingerprint density at radius 1 is 1.04 bits per heavy atom. The number of carbonyl (C=O) groups is 1.